The number of ether oxygens (including phenoxy) is 1. The van der Waals surface area contributed by atoms with Crippen molar-refractivity contribution in [1.82, 2.24) is 0 Å². The Morgan fingerprint density at radius 2 is 1.90 bits per heavy atom. The molecule has 0 spiro atoms. The van der Waals surface area contributed by atoms with Gasteiger partial charge in [-0.3, -0.25) is 0 Å². The first kappa shape index (κ1) is 17.1. The number of allylic oxidation sites excluding steroid dienone is 2. The molecule has 3 aliphatic rings. The second-order valence-corrected chi connectivity index (χ2v) is 7.33. The van der Waals surface area contributed by atoms with Crippen molar-refractivity contribution in [3.05, 3.63) is 11.6 Å². The Kier molecular flexibility index (Phi) is 6.34. The lowest BCUT2D eigenvalue weighted by atomic mass is 9.60. The maximum absolute atomic E-state index is 6.16. The summed E-state index contributed by atoms with van der Waals surface area (Å²) in [5.41, 5.74) is 1.79. The average molecular weight is 293 g/mol. The zero-order valence-corrected chi connectivity index (χ0v) is 14.9. The fraction of sp³-hybridized carbons (Fsp3) is 0.900. The smallest absolute Gasteiger partial charge is 0.0578 e. The summed E-state index contributed by atoms with van der Waals surface area (Å²) in [5.74, 6) is 4.32. The average Bonchev–Trinajstić information content (AvgIpc) is 2.51. The van der Waals surface area contributed by atoms with Crippen LogP contribution in [0.25, 0.3) is 0 Å². The van der Waals surface area contributed by atoms with Crippen molar-refractivity contribution in [3.8, 4) is 0 Å². The monoisotopic (exact) mass is 292 g/mol. The van der Waals surface area contributed by atoms with Crippen molar-refractivity contribution < 1.29 is 4.74 Å². The van der Waals surface area contributed by atoms with Gasteiger partial charge >= 0.3 is 0 Å². The molecule has 21 heavy (non-hydrogen) atoms. The molecular formula is C20H36O. The van der Waals surface area contributed by atoms with Crippen molar-refractivity contribution >= 4 is 0 Å². The molecule has 0 aromatic rings. The molecule has 2 fully saturated rings. The molecule has 122 valence electrons. The summed E-state index contributed by atoms with van der Waals surface area (Å²) in [6.45, 7) is 12.1. The molecule has 0 aromatic carbocycles. The SMILES string of the molecule is CC.CCCC1C(C)OCC2C3CCC(C)CC3=CCC12. The summed E-state index contributed by atoms with van der Waals surface area (Å²) in [4.78, 5) is 0. The van der Waals surface area contributed by atoms with E-state index in [0.717, 1.165) is 36.2 Å². The van der Waals surface area contributed by atoms with E-state index in [1.54, 1.807) is 5.57 Å². The zero-order chi connectivity index (χ0) is 15.4. The highest BCUT2D eigenvalue weighted by Crippen LogP contribution is 2.50. The molecule has 2 aliphatic carbocycles. The Labute approximate surface area is 132 Å². The van der Waals surface area contributed by atoms with Crippen molar-refractivity contribution in [3.63, 3.8) is 0 Å². The van der Waals surface area contributed by atoms with Crippen molar-refractivity contribution in [2.45, 2.75) is 79.2 Å². The van der Waals surface area contributed by atoms with Gasteiger partial charge in [0, 0.05) is 0 Å². The van der Waals surface area contributed by atoms with Gasteiger partial charge < -0.3 is 4.74 Å². The van der Waals surface area contributed by atoms with Crippen LogP contribution in [0.15, 0.2) is 11.6 Å². The normalized spacial score (nSPS) is 42.0. The summed E-state index contributed by atoms with van der Waals surface area (Å²) in [6.07, 6.45) is 11.3. The second kappa shape index (κ2) is 7.81. The first-order chi connectivity index (χ1) is 10.2. The summed E-state index contributed by atoms with van der Waals surface area (Å²) < 4.78 is 6.16. The van der Waals surface area contributed by atoms with Crippen LogP contribution in [-0.2, 0) is 4.74 Å². The Morgan fingerprint density at radius 3 is 2.62 bits per heavy atom. The summed E-state index contributed by atoms with van der Waals surface area (Å²) in [6, 6.07) is 0. The van der Waals surface area contributed by atoms with Gasteiger partial charge in [-0.25, -0.2) is 0 Å². The van der Waals surface area contributed by atoms with Crippen molar-refractivity contribution in [1.29, 1.82) is 0 Å². The molecule has 0 N–H and O–H groups in total. The van der Waals surface area contributed by atoms with E-state index in [4.69, 9.17) is 4.74 Å². The molecule has 6 atom stereocenters. The molecule has 6 unspecified atom stereocenters. The van der Waals surface area contributed by atoms with Gasteiger partial charge in [-0.2, -0.15) is 0 Å². The second-order valence-electron chi connectivity index (χ2n) is 7.33. The van der Waals surface area contributed by atoms with Crippen LogP contribution < -0.4 is 0 Å². The number of rotatable bonds is 2. The van der Waals surface area contributed by atoms with E-state index >= 15 is 0 Å². The summed E-state index contributed by atoms with van der Waals surface area (Å²) in [5, 5.41) is 0. The molecule has 1 saturated heterocycles. The number of fused-ring (bicyclic) bond motifs is 3. The van der Waals surface area contributed by atoms with Crippen LogP contribution in [0.1, 0.15) is 73.1 Å². The quantitative estimate of drug-likeness (QED) is 0.580. The molecule has 1 nitrogen and oxygen atoms in total. The molecular weight excluding hydrogens is 256 g/mol. The maximum atomic E-state index is 6.16. The predicted molar refractivity (Wildman–Crippen MR) is 91.3 cm³/mol. The third-order valence-electron chi connectivity index (χ3n) is 6.08. The van der Waals surface area contributed by atoms with Crippen molar-refractivity contribution in [2.75, 3.05) is 6.61 Å². The summed E-state index contributed by atoms with van der Waals surface area (Å²) in [7, 11) is 0. The minimum Gasteiger partial charge on any atom is -0.378 e. The standard InChI is InChI=1S/C18H30O.C2H6/c1-4-5-15-13(3)19-11-18-16-8-6-12(2)10-14(16)7-9-17(15)18;1-2/h7,12-13,15-18H,4-6,8-11H2,1-3H3;1-2H3. The van der Waals surface area contributed by atoms with Gasteiger partial charge in [0.25, 0.3) is 0 Å². The van der Waals surface area contributed by atoms with Crippen LogP contribution in [0.4, 0.5) is 0 Å². The Bertz CT molecular complexity index is 346. The molecule has 0 aromatic heterocycles. The number of hydrogen-bond acceptors (Lipinski definition) is 1. The fourth-order valence-corrected chi connectivity index (χ4v) is 5.04. The minimum absolute atomic E-state index is 0.485. The van der Waals surface area contributed by atoms with E-state index < -0.39 is 0 Å². The largest absolute Gasteiger partial charge is 0.378 e. The van der Waals surface area contributed by atoms with E-state index in [-0.39, 0.29) is 0 Å². The van der Waals surface area contributed by atoms with E-state index in [1.165, 1.54) is 38.5 Å². The van der Waals surface area contributed by atoms with Gasteiger partial charge in [-0.05, 0) is 68.6 Å². The molecule has 3 rings (SSSR count). The van der Waals surface area contributed by atoms with Gasteiger partial charge in [0.15, 0.2) is 0 Å². The minimum atomic E-state index is 0.485. The fourth-order valence-electron chi connectivity index (χ4n) is 5.04. The third kappa shape index (κ3) is 3.55. The van der Waals surface area contributed by atoms with Gasteiger partial charge in [-0.15, -0.1) is 0 Å². The van der Waals surface area contributed by atoms with Crippen LogP contribution in [0, 0.1) is 29.6 Å². The highest BCUT2D eigenvalue weighted by molar-refractivity contribution is 5.17. The molecule has 0 radical (unpaired) electrons. The van der Waals surface area contributed by atoms with Gasteiger partial charge in [-0.1, -0.05) is 45.8 Å². The van der Waals surface area contributed by atoms with Crippen LogP contribution in [0.2, 0.25) is 0 Å². The lowest BCUT2D eigenvalue weighted by Gasteiger charge is -2.49. The topological polar surface area (TPSA) is 9.23 Å². The predicted octanol–water partition coefficient (Wildman–Crippen LogP) is 5.85. The van der Waals surface area contributed by atoms with Crippen LogP contribution in [0.5, 0.6) is 0 Å². The summed E-state index contributed by atoms with van der Waals surface area (Å²) >= 11 is 0. The first-order valence-corrected chi connectivity index (χ1v) is 9.51. The Morgan fingerprint density at radius 1 is 1.14 bits per heavy atom. The van der Waals surface area contributed by atoms with Crippen LogP contribution in [-0.4, -0.2) is 12.7 Å². The zero-order valence-electron chi connectivity index (χ0n) is 14.9. The van der Waals surface area contributed by atoms with Gasteiger partial charge in [0.2, 0.25) is 0 Å². The van der Waals surface area contributed by atoms with E-state index in [9.17, 15) is 0 Å². The molecule has 0 bridgehead atoms. The maximum Gasteiger partial charge on any atom is 0.0578 e. The third-order valence-corrected chi connectivity index (χ3v) is 6.08. The molecule has 1 heteroatoms. The Hall–Kier alpha value is -0.300. The van der Waals surface area contributed by atoms with E-state index in [1.807, 2.05) is 13.8 Å². The highest BCUT2D eigenvalue weighted by Gasteiger charge is 2.44. The van der Waals surface area contributed by atoms with Gasteiger partial charge in [0.1, 0.15) is 0 Å². The van der Waals surface area contributed by atoms with Gasteiger partial charge in [0.05, 0.1) is 12.7 Å². The van der Waals surface area contributed by atoms with Crippen molar-refractivity contribution in [2.24, 2.45) is 29.6 Å². The molecule has 0 amide bonds. The van der Waals surface area contributed by atoms with E-state index in [0.29, 0.717) is 6.10 Å². The lowest BCUT2D eigenvalue weighted by molar-refractivity contribution is -0.103. The molecule has 1 heterocycles. The van der Waals surface area contributed by atoms with E-state index in [2.05, 4.69) is 26.8 Å². The lowest BCUT2D eigenvalue weighted by Crippen LogP contribution is -2.46. The van der Waals surface area contributed by atoms with Crippen LogP contribution in [0.3, 0.4) is 0 Å². The first-order valence-electron chi connectivity index (χ1n) is 9.51. The Balaban J connectivity index is 0.000000774. The number of hydrogen-bond donors (Lipinski definition) is 0. The highest BCUT2D eigenvalue weighted by atomic mass is 16.5. The molecule has 1 saturated carbocycles. The molecule has 1 aliphatic heterocycles. The van der Waals surface area contributed by atoms with Crippen LogP contribution >= 0.6 is 0 Å².